The van der Waals surface area contributed by atoms with E-state index in [1.54, 1.807) is 0 Å². The zero-order valence-corrected chi connectivity index (χ0v) is 12.7. The Morgan fingerprint density at radius 1 is 1.19 bits per heavy atom. The number of hydrogen-bond acceptors (Lipinski definition) is 4. The van der Waals surface area contributed by atoms with Crippen LogP contribution in [0, 0.1) is 0 Å². The molecular weight excluding hydrogens is 262 g/mol. The van der Waals surface area contributed by atoms with Crippen molar-refractivity contribution in [2.24, 2.45) is 0 Å². The number of anilines is 2. The third-order valence-electron chi connectivity index (χ3n) is 3.42. The van der Waals surface area contributed by atoms with Gasteiger partial charge in [0.05, 0.1) is 12.3 Å². The molecule has 0 saturated heterocycles. The normalized spacial score (nSPS) is 11.9. The highest BCUT2D eigenvalue weighted by Gasteiger charge is 2.06. The molecule has 112 valence electrons. The maximum absolute atomic E-state index is 5.81. The summed E-state index contributed by atoms with van der Waals surface area (Å²) in [4.78, 5) is 4.37. The molecule has 3 N–H and O–H groups in total. The highest BCUT2D eigenvalue weighted by molar-refractivity contribution is 5.53. The number of ether oxygens (including phenoxy) is 1. The summed E-state index contributed by atoms with van der Waals surface area (Å²) in [7, 11) is 0. The lowest BCUT2D eigenvalue weighted by Crippen LogP contribution is -2.08. The third-order valence-corrected chi connectivity index (χ3v) is 3.42. The number of nitrogens with one attached hydrogen (secondary N) is 1. The van der Waals surface area contributed by atoms with E-state index in [0.29, 0.717) is 24.1 Å². The molecule has 4 heteroatoms. The van der Waals surface area contributed by atoms with Crippen molar-refractivity contribution in [1.82, 2.24) is 4.98 Å². The molecule has 1 aromatic heterocycles. The number of nitrogens with zero attached hydrogens (tertiary/aromatic N) is 1. The molecule has 1 heterocycles. The molecule has 4 nitrogen and oxygen atoms in total. The minimum Gasteiger partial charge on any atom is -0.476 e. The van der Waals surface area contributed by atoms with Gasteiger partial charge in [0.1, 0.15) is 5.82 Å². The second-order valence-corrected chi connectivity index (χ2v) is 5.05. The zero-order chi connectivity index (χ0) is 15.1. The van der Waals surface area contributed by atoms with Crippen molar-refractivity contribution in [3.8, 4) is 5.88 Å². The molecule has 21 heavy (non-hydrogen) atoms. The van der Waals surface area contributed by atoms with E-state index in [-0.39, 0.29) is 0 Å². The van der Waals surface area contributed by atoms with Gasteiger partial charge >= 0.3 is 0 Å². The fraction of sp³-hybridized carbons (Fsp3) is 0.353. The molecule has 0 fully saturated rings. The number of benzene rings is 1. The first-order chi connectivity index (χ1) is 10.2. The summed E-state index contributed by atoms with van der Waals surface area (Å²) < 4.78 is 5.40. The van der Waals surface area contributed by atoms with E-state index in [4.69, 9.17) is 10.5 Å². The molecule has 1 atom stereocenters. The summed E-state index contributed by atoms with van der Waals surface area (Å²) in [5.41, 5.74) is 7.74. The van der Waals surface area contributed by atoms with Gasteiger partial charge in [-0.15, -0.1) is 0 Å². The first-order valence-corrected chi connectivity index (χ1v) is 7.38. The van der Waals surface area contributed by atoms with Crippen LogP contribution in [0.1, 0.15) is 31.7 Å². The van der Waals surface area contributed by atoms with Crippen LogP contribution < -0.4 is 15.8 Å². The van der Waals surface area contributed by atoms with E-state index >= 15 is 0 Å². The molecular formula is C17H23N3O. The number of nitrogens with two attached hydrogens (primary N) is 1. The minimum atomic E-state index is 0.499. The van der Waals surface area contributed by atoms with Crippen molar-refractivity contribution < 1.29 is 4.74 Å². The number of hydrogen-bond donors (Lipinski definition) is 2. The molecule has 0 aliphatic heterocycles. The molecule has 1 aromatic carbocycles. The fourth-order valence-corrected chi connectivity index (χ4v) is 2.17. The largest absolute Gasteiger partial charge is 0.476 e. The average Bonchev–Trinajstić information content (AvgIpc) is 2.51. The highest BCUT2D eigenvalue weighted by atomic mass is 16.5. The Balaban J connectivity index is 1.87. The fourth-order valence-electron chi connectivity index (χ4n) is 2.17. The Kier molecular flexibility index (Phi) is 5.43. The third kappa shape index (κ3) is 4.38. The first kappa shape index (κ1) is 15.2. The van der Waals surface area contributed by atoms with Crippen molar-refractivity contribution in [2.45, 2.75) is 26.2 Å². The molecule has 0 amide bonds. The van der Waals surface area contributed by atoms with Gasteiger partial charge < -0.3 is 15.8 Å². The molecule has 0 saturated carbocycles. The van der Waals surface area contributed by atoms with Crippen LogP contribution in [-0.4, -0.2) is 18.1 Å². The van der Waals surface area contributed by atoms with Gasteiger partial charge in [-0.3, -0.25) is 0 Å². The SMILES string of the molecule is CCOc1nc(NCCC(C)c2ccccc2)ccc1N. The lowest BCUT2D eigenvalue weighted by atomic mass is 9.98. The van der Waals surface area contributed by atoms with Gasteiger partial charge in [-0.25, -0.2) is 0 Å². The second-order valence-electron chi connectivity index (χ2n) is 5.05. The van der Waals surface area contributed by atoms with Crippen LogP contribution >= 0.6 is 0 Å². The Labute approximate surface area is 126 Å². The second kappa shape index (κ2) is 7.53. The molecule has 1 unspecified atom stereocenters. The van der Waals surface area contributed by atoms with Crippen LogP contribution in [0.4, 0.5) is 11.5 Å². The molecule has 2 rings (SSSR count). The summed E-state index contributed by atoms with van der Waals surface area (Å²) >= 11 is 0. The Morgan fingerprint density at radius 3 is 2.67 bits per heavy atom. The Bertz CT molecular complexity index is 557. The maximum Gasteiger partial charge on any atom is 0.239 e. The molecule has 0 spiro atoms. The van der Waals surface area contributed by atoms with Crippen LogP contribution in [0.15, 0.2) is 42.5 Å². The van der Waals surface area contributed by atoms with Crippen molar-refractivity contribution in [3.05, 3.63) is 48.0 Å². The zero-order valence-electron chi connectivity index (χ0n) is 12.7. The summed E-state index contributed by atoms with van der Waals surface area (Å²) in [5, 5.41) is 3.32. The quantitative estimate of drug-likeness (QED) is 0.815. The van der Waals surface area contributed by atoms with Crippen LogP contribution in [0.5, 0.6) is 5.88 Å². The predicted octanol–water partition coefficient (Wildman–Crippen LogP) is 3.67. The van der Waals surface area contributed by atoms with E-state index in [1.807, 2.05) is 25.1 Å². The molecule has 0 bridgehead atoms. The number of aromatic nitrogens is 1. The van der Waals surface area contributed by atoms with E-state index in [1.165, 1.54) is 5.56 Å². The van der Waals surface area contributed by atoms with Gasteiger partial charge in [-0.05, 0) is 37.0 Å². The summed E-state index contributed by atoms with van der Waals surface area (Å²) in [5.74, 6) is 1.81. The van der Waals surface area contributed by atoms with Crippen LogP contribution in [0.3, 0.4) is 0 Å². The van der Waals surface area contributed by atoms with Crippen LogP contribution in [0.25, 0.3) is 0 Å². The lowest BCUT2D eigenvalue weighted by Gasteiger charge is -2.13. The molecule has 0 aliphatic rings. The predicted molar refractivity (Wildman–Crippen MR) is 87.8 cm³/mol. The van der Waals surface area contributed by atoms with Gasteiger partial charge in [0.25, 0.3) is 0 Å². The van der Waals surface area contributed by atoms with Crippen molar-refractivity contribution in [3.63, 3.8) is 0 Å². The Morgan fingerprint density at radius 2 is 1.95 bits per heavy atom. The monoisotopic (exact) mass is 285 g/mol. The van der Waals surface area contributed by atoms with E-state index in [0.717, 1.165) is 18.8 Å². The summed E-state index contributed by atoms with van der Waals surface area (Å²) in [6.45, 7) is 5.58. The maximum atomic E-state index is 5.81. The van der Waals surface area contributed by atoms with Gasteiger partial charge in [0, 0.05) is 6.54 Å². The van der Waals surface area contributed by atoms with Crippen molar-refractivity contribution in [1.29, 1.82) is 0 Å². The average molecular weight is 285 g/mol. The van der Waals surface area contributed by atoms with Crippen molar-refractivity contribution in [2.75, 3.05) is 24.2 Å². The molecule has 0 radical (unpaired) electrons. The number of nitrogen functional groups attached to an aromatic ring is 1. The standard InChI is InChI=1S/C17H23N3O/c1-3-21-17-15(18)9-10-16(20-17)19-12-11-13(2)14-7-5-4-6-8-14/h4-10,13H,3,11-12,18H2,1-2H3,(H,19,20). The van der Waals surface area contributed by atoms with Gasteiger partial charge in [0.15, 0.2) is 0 Å². The number of rotatable bonds is 7. The number of pyridine rings is 1. The Hall–Kier alpha value is -2.23. The van der Waals surface area contributed by atoms with E-state index < -0.39 is 0 Å². The van der Waals surface area contributed by atoms with Gasteiger partial charge in [-0.2, -0.15) is 4.98 Å². The lowest BCUT2D eigenvalue weighted by molar-refractivity contribution is 0.329. The summed E-state index contributed by atoms with van der Waals surface area (Å²) in [6, 6.07) is 14.2. The van der Waals surface area contributed by atoms with E-state index in [2.05, 4.69) is 41.5 Å². The summed E-state index contributed by atoms with van der Waals surface area (Å²) in [6.07, 6.45) is 1.04. The topological polar surface area (TPSA) is 60.2 Å². The van der Waals surface area contributed by atoms with Gasteiger partial charge in [-0.1, -0.05) is 37.3 Å². The van der Waals surface area contributed by atoms with Gasteiger partial charge in [0.2, 0.25) is 5.88 Å². The smallest absolute Gasteiger partial charge is 0.239 e. The van der Waals surface area contributed by atoms with Crippen LogP contribution in [0.2, 0.25) is 0 Å². The first-order valence-electron chi connectivity index (χ1n) is 7.38. The van der Waals surface area contributed by atoms with Crippen molar-refractivity contribution >= 4 is 11.5 Å². The molecule has 0 aliphatic carbocycles. The molecule has 2 aromatic rings. The van der Waals surface area contributed by atoms with Crippen LogP contribution in [-0.2, 0) is 0 Å². The van der Waals surface area contributed by atoms with E-state index in [9.17, 15) is 0 Å². The highest BCUT2D eigenvalue weighted by Crippen LogP contribution is 2.22. The minimum absolute atomic E-state index is 0.499.